The fourth-order valence-electron chi connectivity index (χ4n) is 2.09. The van der Waals surface area contributed by atoms with E-state index in [1.807, 2.05) is 54.6 Å². The molecule has 0 unspecified atom stereocenters. The van der Waals surface area contributed by atoms with E-state index >= 15 is 0 Å². The van der Waals surface area contributed by atoms with Crippen molar-refractivity contribution in [2.75, 3.05) is 0 Å². The smallest absolute Gasteiger partial charge is 0.343 e. The third-order valence-corrected chi connectivity index (χ3v) is 3.89. The van der Waals surface area contributed by atoms with Gasteiger partial charge >= 0.3 is 5.97 Å². The minimum atomic E-state index is -0.374. The Hall–Kier alpha value is -2.59. The summed E-state index contributed by atoms with van der Waals surface area (Å²) in [5.74, 6) is 0.956. The Labute approximate surface area is 149 Å². The van der Waals surface area contributed by atoms with Crippen LogP contribution in [0.4, 0.5) is 0 Å². The molecule has 3 rings (SSSR count). The number of hydrogen-bond acceptors (Lipinski definition) is 3. The topological polar surface area (TPSA) is 35.5 Å². The number of benzene rings is 3. The zero-order valence-electron chi connectivity index (χ0n) is 12.8. The maximum Gasteiger partial charge on any atom is 0.343 e. The quantitative estimate of drug-likeness (QED) is 0.446. The van der Waals surface area contributed by atoms with E-state index in [1.54, 1.807) is 24.3 Å². The summed E-state index contributed by atoms with van der Waals surface area (Å²) in [6, 6.07) is 23.9. The minimum Gasteiger partial charge on any atom is -0.489 e. The van der Waals surface area contributed by atoms with Gasteiger partial charge in [0.25, 0.3) is 0 Å². The second-order valence-electron chi connectivity index (χ2n) is 5.14. The Morgan fingerprint density at radius 2 is 1.46 bits per heavy atom. The van der Waals surface area contributed by atoms with Gasteiger partial charge in [-0.3, -0.25) is 0 Å². The van der Waals surface area contributed by atoms with Crippen LogP contribution < -0.4 is 9.47 Å². The first-order valence-electron chi connectivity index (χ1n) is 7.45. The van der Waals surface area contributed by atoms with E-state index < -0.39 is 0 Å². The molecule has 120 valence electrons. The molecule has 0 aromatic heterocycles. The number of esters is 1. The lowest BCUT2D eigenvalue weighted by Gasteiger charge is -2.07. The lowest BCUT2D eigenvalue weighted by Crippen LogP contribution is -2.08. The largest absolute Gasteiger partial charge is 0.489 e. The molecule has 0 bridgehead atoms. The Balaban J connectivity index is 1.58. The average Bonchev–Trinajstić information content (AvgIpc) is 2.62. The van der Waals surface area contributed by atoms with Crippen molar-refractivity contribution in [1.82, 2.24) is 0 Å². The maximum absolute atomic E-state index is 12.1. The molecule has 3 aromatic carbocycles. The summed E-state index contributed by atoms with van der Waals surface area (Å²) in [5, 5.41) is 0. The number of rotatable bonds is 5. The highest BCUT2D eigenvalue weighted by molar-refractivity contribution is 9.10. The second-order valence-corrected chi connectivity index (χ2v) is 6.06. The van der Waals surface area contributed by atoms with Crippen molar-refractivity contribution >= 4 is 21.9 Å². The van der Waals surface area contributed by atoms with Crippen LogP contribution in [0.15, 0.2) is 83.3 Å². The third kappa shape index (κ3) is 4.46. The first kappa shape index (κ1) is 16.3. The monoisotopic (exact) mass is 382 g/mol. The molecule has 3 aromatic rings. The maximum atomic E-state index is 12.1. The summed E-state index contributed by atoms with van der Waals surface area (Å²) in [7, 11) is 0. The Kier molecular flexibility index (Phi) is 5.29. The van der Waals surface area contributed by atoms with E-state index in [1.165, 1.54) is 0 Å². The fraction of sp³-hybridized carbons (Fsp3) is 0.0500. The first-order chi connectivity index (χ1) is 11.7. The van der Waals surface area contributed by atoms with E-state index in [0.29, 0.717) is 17.9 Å². The van der Waals surface area contributed by atoms with Crippen molar-refractivity contribution in [3.63, 3.8) is 0 Å². The van der Waals surface area contributed by atoms with Gasteiger partial charge in [0.15, 0.2) is 0 Å². The lowest BCUT2D eigenvalue weighted by molar-refractivity contribution is 0.0734. The van der Waals surface area contributed by atoms with Crippen molar-refractivity contribution in [2.24, 2.45) is 0 Å². The number of ether oxygens (including phenoxy) is 2. The van der Waals surface area contributed by atoms with Crippen molar-refractivity contribution in [3.8, 4) is 11.5 Å². The van der Waals surface area contributed by atoms with Crippen molar-refractivity contribution < 1.29 is 14.3 Å². The van der Waals surface area contributed by atoms with E-state index in [4.69, 9.17) is 9.47 Å². The van der Waals surface area contributed by atoms with Gasteiger partial charge in [-0.25, -0.2) is 4.79 Å². The molecule has 0 aliphatic rings. The Morgan fingerprint density at radius 1 is 0.792 bits per heavy atom. The van der Waals surface area contributed by atoms with Crippen LogP contribution in [0.1, 0.15) is 15.9 Å². The van der Waals surface area contributed by atoms with Crippen LogP contribution in [0.25, 0.3) is 0 Å². The summed E-state index contributed by atoms with van der Waals surface area (Å²) in [4.78, 5) is 12.1. The molecule has 0 heterocycles. The average molecular weight is 383 g/mol. The predicted molar refractivity (Wildman–Crippen MR) is 96.3 cm³/mol. The molecule has 0 atom stereocenters. The van der Waals surface area contributed by atoms with Gasteiger partial charge in [0.1, 0.15) is 18.1 Å². The van der Waals surface area contributed by atoms with Gasteiger partial charge in [-0.1, -0.05) is 46.3 Å². The second kappa shape index (κ2) is 7.79. The first-order valence-corrected chi connectivity index (χ1v) is 8.24. The van der Waals surface area contributed by atoms with Gasteiger partial charge in [-0.2, -0.15) is 0 Å². The number of halogens is 1. The van der Waals surface area contributed by atoms with Gasteiger partial charge < -0.3 is 9.47 Å². The van der Waals surface area contributed by atoms with Crippen molar-refractivity contribution in [2.45, 2.75) is 6.61 Å². The molecule has 0 fully saturated rings. The minimum absolute atomic E-state index is 0.374. The molecule has 0 saturated heterocycles. The highest BCUT2D eigenvalue weighted by Crippen LogP contribution is 2.18. The number of para-hydroxylation sites is 1. The molecular weight excluding hydrogens is 368 g/mol. The molecule has 0 aliphatic carbocycles. The van der Waals surface area contributed by atoms with Crippen LogP contribution in [0.2, 0.25) is 0 Å². The highest BCUT2D eigenvalue weighted by atomic mass is 79.9. The van der Waals surface area contributed by atoms with Crippen molar-refractivity contribution in [1.29, 1.82) is 0 Å². The van der Waals surface area contributed by atoms with Gasteiger partial charge in [0, 0.05) is 4.47 Å². The molecule has 0 radical (unpaired) electrons. The van der Waals surface area contributed by atoms with Gasteiger partial charge in [0.05, 0.1) is 5.56 Å². The van der Waals surface area contributed by atoms with E-state index in [2.05, 4.69) is 15.9 Å². The Morgan fingerprint density at radius 3 is 2.12 bits per heavy atom. The Bertz CT molecular complexity index is 797. The van der Waals surface area contributed by atoms with Gasteiger partial charge in [0.2, 0.25) is 0 Å². The number of carbonyl (C=O) groups excluding carboxylic acids is 1. The summed E-state index contributed by atoms with van der Waals surface area (Å²) in [6.07, 6.45) is 0. The predicted octanol–water partition coefficient (Wildman–Crippen LogP) is 5.25. The van der Waals surface area contributed by atoms with Crippen LogP contribution >= 0.6 is 15.9 Å². The van der Waals surface area contributed by atoms with Gasteiger partial charge in [-0.05, 0) is 54.1 Å². The lowest BCUT2D eigenvalue weighted by atomic mass is 10.1. The molecule has 0 N–H and O–H groups in total. The van der Waals surface area contributed by atoms with Crippen LogP contribution in [-0.4, -0.2) is 5.97 Å². The third-order valence-electron chi connectivity index (χ3n) is 3.36. The zero-order chi connectivity index (χ0) is 16.8. The molecule has 4 heteroatoms. The van der Waals surface area contributed by atoms with Crippen molar-refractivity contribution in [3.05, 3.63) is 94.5 Å². The number of carbonyl (C=O) groups is 1. The highest BCUT2D eigenvalue weighted by Gasteiger charge is 2.08. The summed E-state index contributed by atoms with van der Waals surface area (Å²) in [6.45, 7) is 0.440. The van der Waals surface area contributed by atoms with Crippen LogP contribution in [-0.2, 0) is 6.61 Å². The molecular formula is C20H15BrO3. The standard InChI is InChI=1S/C20H15BrO3/c21-17-10-12-18(13-11-17)23-14-15-6-8-16(9-7-15)20(22)24-19-4-2-1-3-5-19/h1-13H,14H2. The SMILES string of the molecule is O=C(Oc1ccccc1)c1ccc(COc2ccc(Br)cc2)cc1. The summed E-state index contributed by atoms with van der Waals surface area (Å²) < 4.78 is 12.0. The van der Waals surface area contributed by atoms with Gasteiger partial charge in [-0.15, -0.1) is 0 Å². The number of hydrogen-bond donors (Lipinski definition) is 0. The van der Waals surface area contributed by atoms with E-state index in [9.17, 15) is 4.79 Å². The summed E-state index contributed by atoms with van der Waals surface area (Å²) >= 11 is 3.39. The molecule has 3 nitrogen and oxygen atoms in total. The van der Waals surface area contributed by atoms with E-state index in [-0.39, 0.29) is 5.97 Å². The molecule has 0 spiro atoms. The van der Waals surface area contributed by atoms with Crippen LogP contribution in [0, 0.1) is 0 Å². The van der Waals surface area contributed by atoms with E-state index in [0.717, 1.165) is 15.8 Å². The normalized spacial score (nSPS) is 10.2. The molecule has 0 amide bonds. The zero-order valence-corrected chi connectivity index (χ0v) is 14.4. The fourth-order valence-corrected chi connectivity index (χ4v) is 2.35. The molecule has 0 saturated carbocycles. The molecule has 24 heavy (non-hydrogen) atoms. The van der Waals surface area contributed by atoms with Crippen LogP contribution in [0.5, 0.6) is 11.5 Å². The molecule has 0 aliphatic heterocycles. The van der Waals surface area contributed by atoms with Crippen LogP contribution in [0.3, 0.4) is 0 Å². The summed E-state index contributed by atoms with van der Waals surface area (Å²) in [5.41, 5.74) is 1.49.